The molecular formula is C48H48F8O12S6. The van der Waals surface area contributed by atoms with Gasteiger partial charge >= 0.3 is 41.3 Å². The molecule has 0 aliphatic rings. The normalized spacial score (nSPS) is 14.4. The molecule has 6 rings (SSSR count). The molecule has 0 aromatic heterocycles. The van der Waals surface area contributed by atoms with Crippen molar-refractivity contribution in [2.75, 3.05) is 0 Å². The number of rotatable bonds is 10. The van der Waals surface area contributed by atoms with Crippen molar-refractivity contribution in [1.29, 1.82) is 0 Å². The molecule has 0 saturated heterocycles. The fourth-order valence-electron chi connectivity index (χ4n) is 6.06. The van der Waals surface area contributed by atoms with Gasteiger partial charge in [-0.25, -0.2) is 16.8 Å². The SMILES string of the molecule is CC(C)(C)c1ccc([S+](c2ccccc2)c2ccccc2)cc1.CC(C)(C)c1ccc([S+](c2ccccc2)c2ccccc2)cc1.O=S(=O)([O-])C(F)(C(F)(F)F)S(=O)(=O)O.O=S(=O)([O-])C(F)(C(F)(F)F)S(=O)(=O)O. The second-order valence-corrected chi connectivity index (χ2v) is 27.9. The van der Waals surface area contributed by atoms with Gasteiger partial charge in [0, 0.05) is 0 Å². The standard InChI is InChI=1S/2C22H23S.2C2H2F4O6S2/c2*1-22(2,3)18-14-16-21(17-15-18)23(19-10-6-4-7-11-19)20-12-8-5-9-13-20;2*3-1(4,5)2(6,13(7,8)9)14(10,11)12/h2*4-17H,1-3H3;2*(H,7,8,9)(H,10,11,12)/q2*+1;;/p-2. The van der Waals surface area contributed by atoms with Crippen LogP contribution in [-0.2, 0) is 73.1 Å². The largest absolute Gasteiger partial charge is 0.744 e. The summed E-state index contributed by atoms with van der Waals surface area (Å²) >= 11 is 0. The van der Waals surface area contributed by atoms with Crippen molar-refractivity contribution in [3.63, 3.8) is 0 Å². The zero-order valence-electron chi connectivity index (χ0n) is 39.6. The van der Waals surface area contributed by atoms with E-state index in [2.05, 4.69) is 211 Å². The van der Waals surface area contributed by atoms with Crippen molar-refractivity contribution >= 4 is 62.3 Å². The Hall–Kier alpha value is -4.90. The summed E-state index contributed by atoms with van der Waals surface area (Å²) in [7, 11) is -27.6. The first-order valence-corrected chi connectivity index (χ1v) is 29.0. The molecule has 12 nitrogen and oxygen atoms in total. The van der Waals surface area contributed by atoms with Crippen molar-refractivity contribution in [3.8, 4) is 0 Å². The third-order valence-corrected chi connectivity index (χ3v) is 20.3. The summed E-state index contributed by atoms with van der Waals surface area (Å²) in [5.41, 5.74) is 3.14. The Labute approximate surface area is 430 Å². The number of hydrogen-bond donors (Lipinski definition) is 2. The molecule has 0 heterocycles. The molecule has 6 aromatic rings. The lowest BCUT2D eigenvalue weighted by Gasteiger charge is -2.26. The monoisotopic (exact) mass is 1160 g/mol. The minimum atomic E-state index is -6.96. The highest BCUT2D eigenvalue weighted by Crippen LogP contribution is 2.43. The molecule has 6 aromatic carbocycles. The van der Waals surface area contributed by atoms with Gasteiger partial charge in [0.25, 0.3) is 0 Å². The highest BCUT2D eigenvalue weighted by Gasteiger charge is 2.72. The van der Waals surface area contributed by atoms with Crippen LogP contribution in [0.15, 0.2) is 199 Å². The Kier molecular flexibility index (Phi) is 20.5. The molecule has 0 aliphatic heterocycles. The molecule has 0 spiro atoms. The second kappa shape index (κ2) is 24.0. The smallest absolute Gasteiger partial charge is 0.454 e. The molecule has 0 aliphatic carbocycles. The molecule has 26 heteroatoms. The van der Waals surface area contributed by atoms with Crippen LogP contribution >= 0.6 is 0 Å². The molecule has 2 unspecified atom stereocenters. The molecule has 74 heavy (non-hydrogen) atoms. The molecule has 0 amide bonds. The van der Waals surface area contributed by atoms with Gasteiger partial charge in [-0.05, 0) is 94.8 Å². The minimum absolute atomic E-state index is 0.0497. The topological polar surface area (TPSA) is 223 Å². The second-order valence-electron chi connectivity index (χ2n) is 17.3. The Balaban J connectivity index is 0.000000269. The summed E-state index contributed by atoms with van der Waals surface area (Å²) < 4.78 is 195. The zero-order valence-corrected chi connectivity index (χ0v) is 44.5. The van der Waals surface area contributed by atoms with Crippen LogP contribution in [0.3, 0.4) is 0 Å². The predicted octanol–water partition coefficient (Wildman–Crippen LogP) is 11.4. The van der Waals surface area contributed by atoms with Crippen molar-refractivity contribution in [3.05, 3.63) is 181 Å². The van der Waals surface area contributed by atoms with Crippen molar-refractivity contribution in [2.45, 2.75) is 103 Å². The quantitative estimate of drug-likeness (QED) is 0.0743. The third kappa shape index (κ3) is 15.6. The van der Waals surface area contributed by atoms with Gasteiger partial charge in [0.15, 0.2) is 49.6 Å². The Bertz CT molecular complexity index is 2850. The highest BCUT2D eigenvalue weighted by molar-refractivity contribution is 8.05. The summed E-state index contributed by atoms with van der Waals surface area (Å²) in [6.45, 7) is 13.6. The zero-order chi connectivity index (χ0) is 56.6. The number of hydrogen-bond acceptors (Lipinski definition) is 10. The van der Waals surface area contributed by atoms with Crippen LogP contribution in [0, 0.1) is 0 Å². The van der Waals surface area contributed by atoms with Crippen molar-refractivity contribution in [2.24, 2.45) is 0 Å². The van der Waals surface area contributed by atoms with Crippen LogP contribution in [0.2, 0.25) is 0 Å². The van der Waals surface area contributed by atoms with E-state index >= 15 is 0 Å². The van der Waals surface area contributed by atoms with Crippen LogP contribution < -0.4 is 0 Å². The Morgan fingerprint density at radius 2 is 0.514 bits per heavy atom. The first kappa shape index (κ1) is 63.4. The molecule has 0 radical (unpaired) electrons. The average molecular weight is 1160 g/mol. The number of halogens is 8. The maximum atomic E-state index is 12.4. The molecule has 0 fully saturated rings. The van der Waals surface area contributed by atoms with Gasteiger partial charge in [0.05, 0.1) is 21.8 Å². The van der Waals surface area contributed by atoms with Crippen molar-refractivity contribution < 1.29 is 87.0 Å². The first-order chi connectivity index (χ1) is 33.6. The van der Waals surface area contributed by atoms with Crippen LogP contribution in [-0.4, -0.2) is 72.9 Å². The molecule has 404 valence electrons. The number of benzene rings is 6. The Morgan fingerprint density at radius 1 is 0.338 bits per heavy atom. The van der Waals surface area contributed by atoms with Gasteiger partial charge in [0.2, 0.25) is 0 Å². The summed E-state index contributed by atoms with van der Waals surface area (Å²) in [6, 6.07) is 61.5. The summed E-state index contributed by atoms with van der Waals surface area (Å²) in [5.74, 6) is 0. The van der Waals surface area contributed by atoms with E-state index in [-0.39, 0.29) is 32.6 Å². The lowest BCUT2D eigenvalue weighted by Crippen LogP contribution is -2.53. The van der Waals surface area contributed by atoms with E-state index in [1.54, 1.807) is 0 Å². The lowest BCUT2D eigenvalue weighted by molar-refractivity contribution is -0.174. The maximum Gasteiger partial charge on any atom is 0.454 e. The summed E-state index contributed by atoms with van der Waals surface area (Å²) in [5, 5.41) is 0. The van der Waals surface area contributed by atoms with Gasteiger partial charge in [-0.3, -0.25) is 9.11 Å². The lowest BCUT2D eigenvalue weighted by atomic mass is 9.87. The highest BCUT2D eigenvalue weighted by atomic mass is 32.3. The Morgan fingerprint density at radius 3 is 0.635 bits per heavy atom. The van der Waals surface area contributed by atoms with Crippen LogP contribution in [0.25, 0.3) is 0 Å². The van der Waals surface area contributed by atoms with E-state index in [0.717, 1.165) is 0 Å². The molecule has 2 atom stereocenters. The van der Waals surface area contributed by atoms with Crippen molar-refractivity contribution in [1.82, 2.24) is 0 Å². The van der Waals surface area contributed by atoms with Gasteiger partial charge < -0.3 is 9.11 Å². The minimum Gasteiger partial charge on any atom is -0.744 e. The maximum absolute atomic E-state index is 12.4. The van der Waals surface area contributed by atoms with E-state index in [1.165, 1.54) is 40.5 Å². The van der Waals surface area contributed by atoms with E-state index in [0.29, 0.717) is 0 Å². The van der Waals surface area contributed by atoms with E-state index < -0.39 is 61.5 Å². The van der Waals surface area contributed by atoms with Gasteiger partial charge in [-0.1, -0.05) is 139 Å². The molecule has 0 bridgehead atoms. The van der Waals surface area contributed by atoms with Crippen LogP contribution in [0.1, 0.15) is 52.7 Å². The number of alkyl halides is 8. The van der Waals surface area contributed by atoms with Crippen LogP contribution in [0.5, 0.6) is 0 Å². The van der Waals surface area contributed by atoms with Crippen LogP contribution in [0.4, 0.5) is 35.1 Å². The van der Waals surface area contributed by atoms with E-state index in [4.69, 9.17) is 9.11 Å². The summed E-state index contributed by atoms with van der Waals surface area (Å²) in [4.78, 5) is 8.19. The first-order valence-electron chi connectivity index (χ1n) is 20.9. The van der Waals surface area contributed by atoms with E-state index in [1.807, 2.05) is 0 Å². The fraction of sp³-hybridized carbons (Fsp3) is 0.250. The van der Waals surface area contributed by atoms with Gasteiger partial charge in [0.1, 0.15) is 0 Å². The van der Waals surface area contributed by atoms with Gasteiger partial charge in [-0.2, -0.15) is 52.0 Å². The average Bonchev–Trinajstić information content (AvgIpc) is 3.28. The van der Waals surface area contributed by atoms with E-state index in [9.17, 15) is 77.9 Å². The third-order valence-electron chi connectivity index (χ3n) is 9.81. The van der Waals surface area contributed by atoms with Gasteiger partial charge in [-0.15, -0.1) is 0 Å². The molecular weight excluding hydrogens is 1110 g/mol. The molecule has 0 saturated carbocycles. The molecule has 2 N–H and O–H groups in total. The fourth-order valence-corrected chi connectivity index (χ4v) is 13.4. The summed E-state index contributed by atoms with van der Waals surface area (Å²) in [6.07, 6.45) is -13.2. The predicted molar refractivity (Wildman–Crippen MR) is 263 cm³/mol.